The Balaban J connectivity index is 2.18. The Hall–Kier alpha value is -1.83. The van der Waals surface area contributed by atoms with Crippen LogP contribution in [-0.2, 0) is 0 Å². The summed E-state index contributed by atoms with van der Waals surface area (Å²) in [5.41, 5.74) is 1.57. The molecule has 0 aliphatic heterocycles. The molecule has 0 spiro atoms. The maximum atomic E-state index is 11.7. The van der Waals surface area contributed by atoms with Gasteiger partial charge in [0.05, 0.1) is 16.1 Å². The van der Waals surface area contributed by atoms with Crippen LogP contribution in [0, 0.1) is 11.3 Å². The van der Waals surface area contributed by atoms with Crippen LogP contribution < -0.4 is 5.32 Å². The van der Waals surface area contributed by atoms with E-state index in [1.54, 1.807) is 29.6 Å². The molecule has 0 atom stereocenters. The first-order chi connectivity index (χ1) is 8.20. The molecule has 1 aromatic heterocycles. The Morgan fingerprint density at radius 1 is 1.41 bits per heavy atom. The molecule has 2 aromatic rings. The van der Waals surface area contributed by atoms with Gasteiger partial charge in [0.25, 0.3) is 5.91 Å². The number of hydrogen-bond donors (Lipinski definition) is 1. The number of amides is 1. The third-order valence-electron chi connectivity index (χ3n) is 2.13. The molecule has 0 radical (unpaired) electrons. The number of rotatable bonds is 2. The van der Waals surface area contributed by atoms with Gasteiger partial charge in [-0.15, -0.1) is 0 Å². The van der Waals surface area contributed by atoms with Crippen LogP contribution in [0.2, 0.25) is 5.02 Å². The lowest BCUT2D eigenvalue weighted by atomic mass is 10.2. The summed E-state index contributed by atoms with van der Waals surface area (Å²) in [5.74, 6) is -0.188. The lowest BCUT2D eigenvalue weighted by Crippen LogP contribution is -2.10. The highest BCUT2D eigenvalue weighted by molar-refractivity contribution is 7.08. The van der Waals surface area contributed by atoms with Gasteiger partial charge in [0, 0.05) is 11.1 Å². The van der Waals surface area contributed by atoms with Crippen molar-refractivity contribution in [2.45, 2.75) is 0 Å². The quantitative estimate of drug-likeness (QED) is 0.900. The number of nitrogens with one attached hydrogen (secondary N) is 1. The molecule has 1 N–H and O–H groups in total. The van der Waals surface area contributed by atoms with E-state index in [2.05, 4.69) is 5.32 Å². The van der Waals surface area contributed by atoms with Gasteiger partial charge in [-0.3, -0.25) is 4.79 Å². The standard InChI is InChI=1S/C12H7ClN2OS/c13-11-5-10(2-1-8(11)6-14)15-12(16)9-3-4-17-7-9/h1-5,7H,(H,15,16). The van der Waals surface area contributed by atoms with Crippen molar-refractivity contribution >= 4 is 34.5 Å². The van der Waals surface area contributed by atoms with Crippen molar-refractivity contribution in [1.29, 1.82) is 5.26 Å². The highest BCUT2D eigenvalue weighted by Gasteiger charge is 2.07. The second-order valence-electron chi connectivity index (χ2n) is 3.27. The highest BCUT2D eigenvalue weighted by Crippen LogP contribution is 2.20. The number of benzene rings is 1. The van der Waals surface area contributed by atoms with Gasteiger partial charge < -0.3 is 5.32 Å². The SMILES string of the molecule is N#Cc1ccc(NC(=O)c2ccsc2)cc1Cl. The Morgan fingerprint density at radius 2 is 2.24 bits per heavy atom. The molecule has 0 fully saturated rings. The molecule has 3 nitrogen and oxygen atoms in total. The topological polar surface area (TPSA) is 52.9 Å². The second kappa shape index (κ2) is 5.00. The van der Waals surface area contributed by atoms with Gasteiger partial charge in [-0.05, 0) is 29.6 Å². The number of nitriles is 1. The van der Waals surface area contributed by atoms with E-state index in [1.165, 1.54) is 11.3 Å². The summed E-state index contributed by atoms with van der Waals surface area (Å²) in [6.45, 7) is 0. The predicted octanol–water partition coefficient (Wildman–Crippen LogP) is 3.53. The summed E-state index contributed by atoms with van der Waals surface area (Å²) >= 11 is 7.32. The monoisotopic (exact) mass is 262 g/mol. The molecule has 17 heavy (non-hydrogen) atoms. The van der Waals surface area contributed by atoms with E-state index in [4.69, 9.17) is 16.9 Å². The van der Waals surface area contributed by atoms with Crippen molar-refractivity contribution in [3.05, 3.63) is 51.2 Å². The molecular weight excluding hydrogens is 256 g/mol. The average Bonchev–Trinajstić information content (AvgIpc) is 2.82. The van der Waals surface area contributed by atoms with Gasteiger partial charge in [0.2, 0.25) is 0 Å². The van der Waals surface area contributed by atoms with E-state index in [9.17, 15) is 4.79 Å². The van der Waals surface area contributed by atoms with Crippen LogP contribution in [0.3, 0.4) is 0 Å². The second-order valence-corrected chi connectivity index (χ2v) is 4.46. The number of hydrogen-bond acceptors (Lipinski definition) is 3. The zero-order valence-electron chi connectivity index (χ0n) is 8.61. The molecule has 0 saturated carbocycles. The Bertz CT molecular complexity index is 587. The number of carbonyl (C=O) groups excluding carboxylic acids is 1. The minimum Gasteiger partial charge on any atom is -0.322 e. The Labute approximate surface area is 107 Å². The van der Waals surface area contributed by atoms with Crippen molar-refractivity contribution in [2.24, 2.45) is 0 Å². The Morgan fingerprint density at radius 3 is 2.82 bits per heavy atom. The van der Waals surface area contributed by atoms with E-state index < -0.39 is 0 Å². The first kappa shape index (κ1) is 11.6. The number of carbonyl (C=O) groups is 1. The van der Waals surface area contributed by atoms with Crippen LogP contribution in [-0.4, -0.2) is 5.91 Å². The summed E-state index contributed by atoms with van der Waals surface area (Å²) in [6, 6.07) is 8.48. The van der Waals surface area contributed by atoms with Crippen molar-refractivity contribution in [3.8, 4) is 6.07 Å². The zero-order valence-corrected chi connectivity index (χ0v) is 10.2. The van der Waals surface area contributed by atoms with Crippen LogP contribution in [0.1, 0.15) is 15.9 Å². The molecule has 1 amide bonds. The first-order valence-corrected chi connectivity index (χ1v) is 6.06. The fourth-order valence-electron chi connectivity index (χ4n) is 1.28. The Kier molecular flexibility index (Phi) is 3.43. The minimum atomic E-state index is -0.188. The highest BCUT2D eigenvalue weighted by atomic mass is 35.5. The van der Waals surface area contributed by atoms with Gasteiger partial charge in [-0.1, -0.05) is 11.6 Å². The molecule has 0 saturated heterocycles. The lowest BCUT2D eigenvalue weighted by Gasteiger charge is -2.04. The van der Waals surface area contributed by atoms with Crippen molar-refractivity contribution < 1.29 is 4.79 Å². The number of anilines is 1. The summed E-state index contributed by atoms with van der Waals surface area (Å²) in [4.78, 5) is 11.7. The maximum Gasteiger partial charge on any atom is 0.256 e. The van der Waals surface area contributed by atoms with E-state index in [-0.39, 0.29) is 5.91 Å². The largest absolute Gasteiger partial charge is 0.322 e. The maximum absolute atomic E-state index is 11.7. The van der Waals surface area contributed by atoms with E-state index >= 15 is 0 Å². The van der Waals surface area contributed by atoms with Crippen LogP contribution >= 0.6 is 22.9 Å². The number of thiophene rings is 1. The molecule has 5 heteroatoms. The summed E-state index contributed by atoms with van der Waals surface area (Å²) in [7, 11) is 0. The van der Waals surface area contributed by atoms with Crippen molar-refractivity contribution in [2.75, 3.05) is 5.32 Å². The first-order valence-electron chi connectivity index (χ1n) is 4.74. The van der Waals surface area contributed by atoms with Crippen LogP contribution in [0.25, 0.3) is 0 Å². The minimum absolute atomic E-state index is 0.188. The van der Waals surface area contributed by atoms with Gasteiger partial charge >= 0.3 is 0 Å². The molecular formula is C12H7ClN2OS. The van der Waals surface area contributed by atoms with Gasteiger partial charge in [-0.25, -0.2) is 0 Å². The molecule has 0 bridgehead atoms. The lowest BCUT2D eigenvalue weighted by molar-refractivity contribution is 0.102. The molecule has 2 rings (SSSR count). The van der Waals surface area contributed by atoms with E-state index in [0.29, 0.717) is 21.8 Å². The fraction of sp³-hybridized carbons (Fsp3) is 0. The molecule has 1 heterocycles. The molecule has 0 aliphatic carbocycles. The van der Waals surface area contributed by atoms with E-state index in [1.807, 2.05) is 11.4 Å². The molecule has 0 aliphatic rings. The van der Waals surface area contributed by atoms with Crippen LogP contribution in [0.4, 0.5) is 5.69 Å². The zero-order chi connectivity index (χ0) is 12.3. The van der Waals surface area contributed by atoms with Gasteiger partial charge in [0.15, 0.2) is 0 Å². The van der Waals surface area contributed by atoms with Crippen LogP contribution in [0.15, 0.2) is 35.0 Å². The fourth-order valence-corrected chi connectivity index (χ4v) is 2.14. The molecule has 84 valence electrons. The third kappa shape index (κ3) is 2.64. The normalized spacial score (nSPS) is 9.65. The predicted molar refractivity (Wildman–Crippen MR) is 68.4 cm³/mol. The third-order valence-corrected chi connectivity index (χ3v) is 3.13. The summed E-state index contributed by atoms with van der Waals surface area (Å²) in [5, 5.41) is 15.4. The number of halogens is 1. The summed E-state index contributed by atoms with van der Waals surface area (Å²) < 4.78 is 0. The van der Waals surface area contributed by atoms with E-state index in [0.717, 1.165) is 0 Å². The number of nitrogens with zero attached hydrogens (tertiary/aromatic N) is 1. The summed E-state index contributed by atoms with van der Waals surface area (Å²) in [6.07, 6.45) is 0. The van der Waals surface area contributed by atoms with Gasteiger partial charge in [-0.2, -0.15) is 16.6 Å². The molecule has 0 unspecified atom stereocenters. The molecule has 1 aromatic carbocycles. The van der Waals surface area contributed by atoms with Gasteiger partial charge in [0.1, 0.15) is 6.07 Å². The van der Waals surface area contributed by atoms with Crippen molar-refractivity contribution in [1.82, 2.24) is 0 Å². The smallest absolute Gasteiger partial charge is 0.256 e. The average molecular weight is 263 g/mol. The van der Waals surface area contributed by atoms with Crippen LogP contribution in [0.5, 0.6) is 0 Å². The van der Waals surface area contributed by atoms with Crippen molar-refractivity contribution in [3.63, 3.8) is 0 Å².